The van der Waals surface area contributed by atoms with Crippen molar-refractivity contribution in [2.24, 2.45) is 0 Å². The van der Waals surface area contributed by atoms with E-state index in [9.17, 15) is 4.79 Å². The van der Waals surface area contributed by atoms with E-state index in [1.165, 1.54) is 6.33 Å². The second kappa shape index (κ2) is 6.93. The maximum Gasteiger partial charge on any atom is 0.257 e. The highest BCUT2D eigenvalue weighted by atomic mass is 32.1. The number of amides is 1. The minimum atomic E-state index is -0.176. The van der Waals surface area contributed by atoms with Crippen molar-refractivity contribution in [1.29, 1.82) is 0 Å². The van der Waals surface area contributed by atoms with Gasteiger partial charge in [-0.3, -0.25) is 4.79 Å². The number of fused-ring (bicyclic) bond motifs is 1. The van der Waals surface area contributed by atoms with E-state index >= 15 is 0 Å². The number of benzene rings is 2. The average Bonchev–Trinajstić information content (AvgIpc) is 3.09. The molecule has 1 amide bonds. The summed E-state index contributed by atoms with van der Waals surface area (Å²) >= 11 is 1.55. The summed E-state index contributed by atoms with van der Waals surface area (Å²) in [5.74, 6) is 0.382. The molecule has 5 nitrogen and oxygen atoms in total. The summed E-state index contributed by atoms with van der Waals surface area (Å²) in [5.41, 5.74) is 3.21. The van der Waals surface area contributed by atoms with Crippen molar-refractivity contribution in [1.82, 2.24) is 9.97 Å². The van der Waals surface area contributed by atoms with E-state index in [1.807, 2.05) is 60.8 Å². The van der Waals surface area contributed by atoms with E-state index in [0.29, 0.717) is 17.1 Å². The second-order valence-corrected chi connectivity index (χ2v) is 6.74. The summed E-state index contributed by atoms with van der Waals surface area (Å²) < 4.78 is 1.08. The van der Waals surface area contributed by atoms with Crippen molar-refractivity contribution in [3.63, 3.8) is 0 Å². The van der Waals surface area contributed by atoms with Crippen LogP contribution in [0.15, 0.2) is 66.4 Å². The van der Waals surface area contributed by atoms with Crippen LogP contribution in [0.3, 0.4) is 0 Å². The zero-order valence-electron chi connectivity index (χ0n) is 14.1. The molecule has 0 atom stereocenters. The Balaban J connectivity index is 1.63. The zero-order chi connectivity index (χ0) is 17.9. The number of rotatable bonds is 4. The lowest BCUT2D eigenvalue weighted by molar-refractivity contribution is 0.102. The molecular formula is C20H16N4OS. The number of aromatic nitrogens is 2. The smallest absolute Gasteiger partial charge is 0.257 e. The third kappa shape index (κ3) is 3.14. The first kappa shape index (κ1) is 16.2. The van der Waals surface area contributed by atoms with Gasteiger partial charge in [0.1, 0.15) is 12.0 Å². The highest BCUT2D eigenvalue weighted by Gasteiger charge is 2.15. The van der Waals surface area contributed by atoms with Gasteiger partial charge in [-0.25, -0.2) is 9.97 Å². The van der Waals surface area contributed by atoms with Crippen LogP contribution in [0.1, 0.15) is 15.9 Å². The fourth-order valence-corrected chi connectivity index (χ4v) is 3.65. The molecule has 0 aliphatic carbocycles. The molecule has 6 heteroatoms. The van der Waals surface area contributed by atoms with Gasteiger partial charge in [-0.05, 0) is 24.6 Å². The lowest BCUT2D eigenvalue weighted by atomic mass is 10.1. The molecule has 0 saturated heterocycles. The highest BCUT2D eigenvalue weighted by molar-refractivity contribution is 7.17. The van der Waals surface area contributed by atoms with Crippen molar-refractivity contribution >= 4 is 44.5 Å². The van der Waals surface area contributed by atoms with Gasteiger partial charge in [0.05, 0.1) is 11.8 Å². The van der Waals surface area contributed by atoms with Gasteiger partial charge in [-0.1, -0.05) is 36.4 Å². The Kier molecular flexibility index (Phi) is 4.33. The minimum Gasteiger partial charge on any atom is -0.338 e. The fourth-order valence-electron chi connectivity index (χ4n) is 2.70. The van der Waals surface area contributed by atoms with E-state index < -0.39 is 0 Å². The van der Waals surface area contributed by atoms with Crippen LogP contribution in [-0.4, -0.2) is 15.9 Å². The molecule has 26 heavy (non-hydrogen) atoms. The van der Waals surface area contributed by atoms with Crippen molar-refractivity contribution < 1.29 is 4.79 Å². The monoisotopic (exact) mass is 360 g/mol. The third-order valence-corrected chi connectivity index (χ3v) is 5.05. The predicted molar refractivity (Wildman–Crippen MR) is 106 cm³/mol. The number of anilines is 3. The Labute approximate surface area is 154 Å². The molecule has 4 rings (SSSR count). The Morgan fingerprint density at radius 3 is 2.73 bits per heavy atom. The normalized spacial score (nSPS) is 10.7. The van der Waals surface area contributed by atoms with Crippen LogP contribution in [0.25, 0.3) is 10.1 Å². The molecule has 0 bridgehead atoms. The highest BCUT2D eigenvalue weighted by Crippen LogP contribution is 2.28. The maximum absolute atomic E-state index is 12.8. The van der Waals surface area contributed by atoms with E-state index in [1.54, 1.807) is 17.5 Å². The van der Waals surface area contributed by atoms with Crippen molar-refractivity contribution in [2.45, 2.75) is 6.92 Å². The number of carbonyl (C=O) groups is 1. The van der Waals surface area contributed by atoms with Crippen molar-refractivity contribution in [2.75, 3.05) is 10.6 Å². The Bertz CT molecular complexity index is 1090. The molecule has 2 heterocycles. The number of nitrogens with one attached hydrogen (secondary N) is 2. The summed E-state index contributed by atoms with van der Waals surface area (Å²) in [4.78, 5) is 21.1. The molecule has 2 aromatic carbocycles. The van der Waals surface area contributed by atoms with Crippen LogP contribution in [0, 0.1) is 6.92 Å². The third-order valence-electron chi connectivity index (χ3n) is 4.08. The average molecular weight is 360 g/mol. The number of hydrogen-bond acceptors (Lipinski definition) is 5. The molecule has 0 fully saturated rings. The standard InChI is InChI=1S/C20H16N4OS/c1-13-6-2-4-8-16(13)23-19-17(10-21-12-22-19)24-20(25)15-11-26-18-9-5-3-7-14(15)18/h2-12H,1H3,(H,24,25)(H,21,22,23). The quantitative estimate of drug-likeness (QED) is 0.538. The number of nitrogens with zero attached hydrogens (tertiary/aromatic N) is 2. The molecule has 0 aliphatic heterocycles. The van der Waals surface area contributed by atoms with Crippen LogP contribution in [0.4, 0.5) is 17.2 Å². The van der Waals surface area contributed by atoms with Crippen molar-refractivity contribution in [3.8, 4) is 0 Å². The Morgan fingerprint density at radius 1 is 1.04 bits per heavy atom. The van der Waals surface area contributed by atoms with Crippen LogP contribution < -0.4 is 10.6 Å². The van der Waals surface area contributed by atoms with Gasteiger partial charge in [0.25, 0.3) is 5.91 Å². The molecular weight excluding hydrogens is 344 g/mol. The number of thiophene rings is 1. The van der Waals surface area contributed by atoms with E-state index in [0.717, 1.165) is 21.3 Å². The topological polar surface area (TPSA) is 66.9 Å². The molecule has 0 radical (unpaired) electrons. The van der Waals surface area contributed by atoms with Gasteiger partial charge in [0, 0.05) is 21.2 Å². The van der Waals surface area contributed by atoms with Gasteiger partial charge in [-0.2, -0.15) is 0 Å². The largest absolute Gasteiger partial charge is 0.338 e. The number of aryl methyl sites for hydroxylation is 1. The SMILES string of the molecule is Cc1ccccc1Nc1ncncc1NC(=O)c1csc2ccccc12. The van der Waals surface area contributed by atoms with E-state index in [4.69, 9.17) is 0 Å². The number of hydrogen-bond donors (Lipinski definition) is 2. The summed E-state index contributed by atoms with van der Waals surface area (Å²) in [6, 6.07) is 15.8. The zero-order valence-corrected chi connectivity index (χ0v) is 14.9. The first-order chi connectivity index (χ1) is 12.7. The van der Waals surface area contributed by atoms with Gasteiger partial charge in [0.15, 0.2) is 5.82 Å². The summed E-state index contributed by atoms with van der Waals surface area (Å²) in [5, 5.41) is 9.01. The Morgan fingerprint density at radius 2 is 1.85 bits per heavy atom. The van der Waals surface area contributed by atoms with Gasteiger partial charge < -0.3 is 10.6 Å². The van der Waals surface area contributed by atoms with E-state index in [2.05, 4.69) is 20.6 Å². The summed E-state index contributed by atoms with van der Waals surface area (Å²) in [6.07, 6.45) is 3.05. The van der Waals surface area contributed by atoms with Crippen LogP contribution in [0.2, 0.25) is 0 Å². The summed E-state index contributed by atoms with van der Waals surface area (Å²) in [7, 11) is 0. The van der Waals surface area contributed by atoms with Crippen LogP contribution in [0.5, 0.6) is 0 Å². The molecule has 2 N–H and O–H groups in total. The maximum atomic E-state index is 12.8. The first-order valence-electron chi connectivity index (χ1n) is 8.12. The Hall–Kier alpha value is -3.25. The fraction of sp³-hybridized carbons (Fsp3) is 0.0500. The van der Waals surface area contributed by atoms with Crippen LogP contribution in [-0.2, 0) is 0 Å². The number of para-hydroxylation sites is 1. The van der Waals surface area contributed by atoms with Crippen LogP contribution >= 0.6 is 11.3 Å². The molecule has 0 saturated carbocycles. The molecule has 2 aromatic heterocycles. The van der Waals surface area contributed by atoms with Gasteiger partial charge in [0.2, 0.25) is 0 Å². The van der Waals surface area contributed by atoms with Crippen molar-refractivity contribution in [3.05, 3.63) is 77.6 Å². The molecule has 0 unspecified atom stereocenters. The number of carbonyl (C=O) groups excluding carboxylic acids is 1. The molecule has 128 valence electrons. The molecule has 0 spiro atoms. The lowest BCUT2D eigenvalue weighted by Gasteiger charge is -2.12. The van der Waals surface area contributed by atoms with Gasteiger partial charge >= 0.3 is 0 Å². The van der Waals surface area contributed by atoms with E-state index in [-0.39, 0.29) is 5.91 Å². The molecule has 4 aromatic rings. The first-order valence-corrected chi connectivity index (χ1v) is 9.00. The van der Waals surface area contributed by atoms with Gasteiger partial charge in [-0.15, -0.1) is 11.3 Å². The minimum absolute atomic E-state index is 0.176. The molecule has 0 aliphatic rings. The lowest BCUT2D eigenvalue weighted by Crippen LogP contribution is -2.13. The predicted octanol–water partition coefficient (Wildman–Crippen LogP) is 5.00. The summed E-state index contributed by atoms with van der Waals surface area (Å²) in [6.45, 7) is 2.01. The second-order valence-electron chi connectivity index (χ2n) is 5.82.